The Morgan fingerprint density at radius 1 is 0.533 bits per heavy atom. The van der Waals surface area contributed by atoms with E-state index < -0.39 is 50.8 Å². The SMILES string of the molecule is CC1=C(C)C(C)(C)[C]([Nd]([C]2=C(C)C(C)=C(C)C2(C)C)[CH]([Si](C)(C)C)[Si](C)(C)C)=C1C. The summed E-state index contributed by atoms with van der Waals surface area (Å²) in [7, 11) is -2.68. The van der Waals surface area contributed by atoms with Crippen LogP contribution in [-0.2, 0) is 0 Å². The Morgan fingerprint density at radius 2 is 0.800 bits per heavy atom. The van der Waals surface area contributed by atoms with Crippen LogP contribution in [0.4, 0.5) is 0 Å². The second-order valence-corrected chi connectivity index (χ2v) is 35.9. The summed E-state index contributed by atoms with van der Waals surface area (Å²) in [4.78, 5) is 0. The van der Waals surface area contributed by atoms with Gasteiger partial charge in [-0.15, -0.1) is 0 Å². The molecular formula is C27H49NdSi2. The molecular weight excluding hydrogens is 525 g/mol. The Bertz CT molecular complexity index is 805. The monoisotopic (exact) mass is 571 g/mol. The van der Waals surface area contributed by atoms with E-state index in [4.69, 9.17) is 0 Å². The average molecular weight is 574 g/mol. The molecule has 0 aromatic carbocycles. The van der Waals surface area contributed by atoms with Gasteiger partial charge in [0, 0.05) is 0 Å². The van der Waals surface area contributed by atoms with Gasteiger partial charge in [0.15, 0.2) is 0 Å². The van der Waals surface area contributed by atoms with Gasteiger partial charge in [-0.25, -0.2) is 0 Å². The first-order valence-corrected chi connectivity index (χ1v) is 24.1. The third-order valence-corrected chi connectivity index (χ3v) is 50.0. The molecule has 0 aromatic heterocycles. The first-order chi connectivity index (χ1) is 13.2. The average Bonchev–Trinajstić information content (AvgIpc) is 2.78. The second-order valence-electron chi connectivity index (χ2n) is 13.3. The van der Waals surface area contributed by atoms with Crippen LogP contribution in [0, 0.1) is 45.5 Å². The predicted octanol–water partition coefficient (Wildman–Crippen LogP) is 9.45. The molecule has 0 bridgehead atoms. The quantitative estimate of drug-likeness (QED) is 0.287. The van der Waals surface area contributed by atoms with Crippen LogP contribution in [-0.4, -0.2) is 16.1 Å². The fourth-order valence-electron chi connectivity index (χ4n) is 6.84. The molecule has 0 aliphatic heterocycles. The number of hydrogen-bond donors (Lipinski definition) is 0. The van der Waals surface area contributed by atoms with E-state index in [1.165, 1.54) is 0 Å². The van der Waals surface area contributed by atoms with Crippen LogP contribution in [0.15, 0.2) is 35.9 Å². The zero-order valence-electron chi connectivity index (χ0n) is 23.1. The van der Waals surface area contributed by atoms with Gasteiger partial charge in [0.25, 0.3) is 0 Å². The molecule has 0 saturated heterocycles. The molecule has 0 N–H and O–H groups in total. The van der Waals surface area contributed by atoms with Crippen molar-refractivity contribution in [1.82, 2.24) is 0 Å². The summed E-state index contributed by atoms with van der Waals surface area (Å²) in [5.74, 6) is 0. The molecule has 0 atom stereocenters. The number of rotatable bonds is 5. The molecule has 0 unspecified atom stereocenters. The van der Waals surface area contributed by atoms with E-state index in [0.29, 0.717) is 0 Å². The summed E-state index contributed by atoms with van der Waals surface area (Å²) < 4.78 is 4.95. The topological polar surface area (TPSA) is 0 Å². The van der Waals surface area contributed by atoms with Gasteiger partial charge in [0.2, 0.25) is 0 Å². The van der Waals surface area contributed by atoms with Gasteiger partial charge in [-0.1, -0.05) is 0 Å². The van der Waals surface area contributed by atoms with Gasteiger partial charge in [-0.2, -0.15) is 0 Å². The van der Waals surface area contributed by atoms with E-state index in [-0.39, 0.29) is 10.8 Å². The molecule has 0 radical (unpaired) electrons. The molecule has 0 nitrogen and oxygen atoms in total. The van der Waals surface area contributed by atoms with Crippen LogP contribution in [0.3, 0.4) is 0 Å². The molecule has 30 heavy (non-hydrogen) atoms. The Kier molecular flexibility index (Phi) is 7.38. The fourth-order valence-corrected chi connectivity index (χ4v) is 51.9. The van der Waals surface area contributed by atoms with Gasteiger partial charge in [0.1, 0.15) is 0 Å². The van der Waals surface area contributed by atoms with Crippen molar-refractivity contribution >= 4 is 16.1 Å². The van der Waals surface area contributed by atoms with Crippen molar-refractivity contribution < 1.29 is 34.6 Å². The predicted molar refractivity (Wildman–Crippen MR) is 140 cm³/mol. The van der Waals surface area contributed by atoms with Crippen molar-refractivity contribution in [2.24, 2.45) is 10.8 Å². The summed E-state index contributed by atoms with van der Waals surface area (Å²) in [5, 5.41) is 0. The van der Waals surface area contributed by atoms with Gasteiger partial charge < -0.3 is 0 Å². The number of allylic oxidation sites excluding steroid dienone is 8. The molecule has 0 fully saturated rings. The van der Waals surface area contributed by atoms with Crippen LogP contribution in [0.5, 0.6) is 0 Å². The van der Waals surface area contributed by atoms with E-state index in [1.807, 2.05) is 2.45 Å². The minimum atomic E-state index is -2.48. The maximum absolute atomic E-state index is 2.69. The first kappa shape index (κ1) is 27.0. The summed E-state index contributed by atoms with van der Waals surface area (Å²) in [6.45, 7) is 41.0. The Balaban J connectivity index is 2.98. The van der Waals surface area contributed by atoms with E-state index in [9.17, 15) is 0 Å². The van der Waals surface area contributed by atoms with Crippen molar-refractivity contribution in [3.63, 3.8) is 0 Å². The minimum absolute atomic E-state index is 0.238. The van der Waals surface area contributed by atoms with Gasteiger partial charge in [-0.3, -0.25) is 0 Å². The van der Waals surface area contributed by atoms with Crippen molar-refractivity contribution in [1.29, 1.82) is 0 Å². The number of hydrogen-bond acceptors (Lipinski definition) is 0. The van der Waals surface area contributed by atoms with Crippen molar-refractivity contribution in [3.8, 4) is 0 Å². The molecule has 2 aliphatic rings. The first-order valence-electron chi connectivity index (χ1n) is 11.9. The van der Waals surface area contributed by atoms with E-state index in [1.54, 1.807) is 33.4 Å². The third-order valence-electron chi connectivity index (χ3n) is 8.68. The van der Waals surface area contributed by atoms with Crippen molar-refractivity contribution in [2.75, 3.05) is 0 Å². The van der Waals surface area contributed by atoms with E-state index in [0.717, 1.165) is 0.814 Å². The Morgan fingerprint density at radius 3 is 0.967 bits per heavy atom. The molecule has 0 heterocycles. The standard InChI is InChI=1S/2C10H15.C7H19Si2.Nd/c2*1-7-6-10(4,5)9(3)8(7)2;1-8(2,3)7-9(4,5)6;/h2*1-5H3;7H,1-6H3;. The van der Waals surface area contributed by atoms with Crippen LogP contribution in [0.2, 0.25) is 40.1 Å². The zero-order valence-corrected chi connectivity index (χ0v) is 28.3. The van der Waals surface area contributed by atoms with Crippen molar-refractivity contribution in [3.05, 3.63) is 35.9 Å². The Labute approximate surface area is 205 Å². The van der Waals surface area contributed by atoms with Gasteiger partial charge in [-0.05, 0) is 0 Å². The molecule has 2 rings (SSSR count). The molecule has 0 aromatic rings. The summed E-state index contributed by atoms with van der Waals surface area (Å²) in [6.07, 6.45) is 0. The summed E-state index contributed by atoms with van der Waals surface area (Å²) >= 11 is -2.48. The van der Waals surface area contributed by atoms with E-state index in [2.05, 4.69) is 109 Å². The normalized spacial score (nSPS) is 22.3. The van der Waals surface area contributed by atoms with Crippen molar-refractivity contribution in [2.45, 2.75) is 109 Å². The van der Waals surface area contributed by atoms with Gasteiger partial charge in [0.05, 0.1) is 0 Å². The summed E-state index contributed by atoms with van der Waals surface area (Å²) in [6, 6.07) is 0. The third kappa shape index (κ3) is 4.18. The van der Waals surface area contributed by atoms with Crippen LogP contribution >= 0.6 is 0 Å². The molecule has 2 aliphatic carbocycles. The van der Waals surface area contributed by atoms with Crippen LogP contribution in [0.1, 0.15) is 69.2 Å². The van der Waals surface area contributed by atoms with Crippen LogP contribution < -0.4 is 0 Å². The second kappa shape index (κ2) is 8.20. The van der Waals surface area contributed by atoms with Gasteiger partial charge >= 0.3 is 207 Å². The molecule has 169 valence electrons. The maximum atomic E-state index is 2.69. The van der Waals surface area contributed by atoms with E-state index >= 15 is 0 Å². The molecule has 0 amide bonds. The summed E-state index contributed by atoms with van der Waals surface area (Å²) in [5.41, 5.74) is 10.3. The van der Waals surface area contributed by atoms with Crippen LogP contribution in [0.25, 0.3) is 0 Å². The fraction of sp³-hybridized carbons (Fsp3) is 0.704. The molecule has 0 saturated carbocycles. The Hall–Kier alpha value is 0.744. The zero-order chi connectivity index (χ0) is 23.8. The molecule has 0 spiro atoms. The molecule has 3 heteroatoms.